The van der Waals surface area contributed by atoms with Crippen LogP contribution in [0.2, 0.25) is 0 Å². The molecule has 0 amide bonds. The predicted octanol–water partition coefficient (Wildman–Crippen LogP) is 0.820. The van der Waals surface area contributed by atoms with E-state index in [-0.39, 0.29) is 5.08 Å². The maximum atomic E-state index is 3.81. The molecule has 1 heterocycles. The summed E-state index contributed by atoms with van der Waals surface area (Å²) in [5.74, 6) is 0. The Labute approximate surface area is 44.1 Å². The molecule has 0 saturated carbocycles. The lowest BCUT2D eigenvalue weighted by molar-refractivity contribution is 1.05. The summed E-state index contributed by atoms with van der Waals surface area (Å²) in [6, 6.07) is 0. The summed E-state index contributed by atoms with van der Waals surface area (Å²) in [7, 11) is 0. The fraction of sp³-hybridized carbons (Fsp3) is 0.333. The topological polar surface area (TPSA) is 24.7 Å². The molecule has 3 heteroatoms. The Balaban J connectivity index is 2.60. The van der Waals surface area contributed by atoms with Gasteiger partial charge in [-0.15, -0.1) is 0 Å². The van der Waals surface area contributed by atoms with Crippen LogP contribution in [0.4, 0.5) is 0 Å². The van der Waals surface area contributed by atoms with E-state index >= 15 is 0 Å². The number of nitrogens with zero attached hydrogens (tertiary/aromatic N) is 2. The van der Waals surface area contributed by atoms with E-state index in [1.807, 2.05) is 0 Å². The van der Waals surface area contributed by atoms with E-state index in [0.717, 1.165) is 0 Å². The van der Waals surface area contributed by atoms with E-state index < -0.39 is 0 Å². The number of alkyl halides is 1. The van der Waals surface area contributed by atoms with Crippen LogP contribution in [0.3, 0.4) is 0 Å². The van der Waals surface area contributed by atoms with Gasteiger partial charge in [0, 0.05) is 12.4 Å². The molecule has 0 aromatic rings. The first-order valence-electron chi connectivity index (χ1n) is 1.58. The molecule has 0 aromatic heterocycles. The Morgan fingerprint density at radius 1 is 1.33 bits per heavy atom. The van der Waals surface area contributed by atoms with Crippen molar-refractivity contribution < 1.29 is 0 Å². The van der Waals surface area contributed by atoms with Crippen molar-refractivity contribution in [1.29, 1.82) is 0 Å². The molecule has 0 aliphatic carbocycles. The van der Waals surface area contributed by atoms with Crippen molar-refractivity contribution in [2.75, 3.05) is 0 Å². The van der Waals surface area contributed by atoms with Crippen LogP contribution in [0.5, 0.6) is 0 Å². The number of halogens is 1. The Hall–Kier alpha value is -0.180. The van der Waals surface area contributed by atoms with Gasteiger partial charge >= 0.3 is 0 Å². The smallest absolute Gasteiger partial charge is 0.194 e. The second-order valence-corrected chi connectivity index (χ2v) is 1.73. The molecule has 0 spiro atoms. The van der Waals surface area contributed by atoms with Gasteiger partial charge in [0.1, 0.15) is 0 Å². The second-order valence-electron chi connectivity index (χ2n) is 0.907. The Kier molecular flexibility index (Phi) is 1.01. The normalized spacial score (nSPS) is 20.2. The summed E-state index contributed by atoms with van der Waals surface area (Å²) in [5, 5.41) is -0.00231. The maximum Gasteiger partial charge on any atom is 0.194 e. The number of hydrogen-bond acceptors (Lipinski definition) is 2. The van der Waals surface area contributed by atoms with Crippen molar-refractivity contribution in [3.63, 3.8) is 0 Å². The molecule has 0 unspecified atom stereocenters. The van der Waals surface area contributed by atoms with Crippen LogP contribution in [0.15, 0.2) is 9.98 Å². The quantitative estimate of drug-likeness (QED) is 0.358. The summed E-state index contributed by atoms with van der Waals surface area (Å²) in [6.07, 6.45) is 3.33. The van der Waals surface area contributed by atoms with Gasteiger partial charge in [0.25, 0.3) is 0 Å². The van der Waals surface area contributed by atoms with E-state index in [0.29, 0.717) is 0 Å². The highest BCUT2D eigenvalue weighted by atomic mass is 79.9. The van der Waals surface area contributed by atoms with Crippen molar-refractivity contribution in [2.45, 2.75) is 5.08 Å². The average Bonchev–Trinajstić information content (AvgIpc) is 1.86. The van der Waals surface area contributed by atoms with Crippen LogP contribution < -0.4 is 0 Å². The summed E-state index contributed by atoms with van der Waals surface area (Å²) in [5.41, 5.74) is 0. The van der Waals surface area contributed by atoms with Gasteiger partial charge in [-0.1, -0.05) is 0 Å². The first kappa shape index (κ1) is 3.99. The van der Waals surface area contributed by atoms with Gasteiger partial charge in [-0.25, -0.2) is 0 Å². The highest BCUT2D eigenvalue weighted by molar-refractivity contribution is 9.09. The van der Waals surface area contributed by atoms with Crippen LogP contribution in [0.25, 0.3) is 0 Å². The highest BCUT2D eigenvalue weighted by Crippen LogP contribution is 2.02. The Bertz CT molecular complexity index is 85.0. The molecule has 0 aromatic carbocycles. The van der Waals surface area contributed by atoms with Gasteiger partial charge in [-0.05, 0) is 15.9 Å². The molecule has 1 rings (SSSR count). The van der Waals surface area contributed by atoms with E-state index in [9.17, 15) is 0 Å². The third-order valence-electron chi connectivity index (χ3n) is 0.485. The summed E-state index contributed by atoms with van der Waals surface area (Å²) >= 11 is 3.14. The van der Waals surface area contributed by atoms with Crippen LogP contribution in [0.1, 0.15) is 0 Å². The summed E-state index contributed by atoms with van der Waals surface area (Å²) in [4.78, 5) is 7.61. The molecule has 6 heavy (non-hydrogen) atoms. The molecule has 0 saturated heterocycles. The second kappa shape index (κ2) is 1.51. The molecule has 0 radical (unpaired) electrons. The Morgan fingerprint density at radius 3 is 2.00 bits per heavy atom. The van der Waals surface area contributed by atoms with Gasteiger partial charge < -0.3 is 0 Å². The van der Waals surface area contributed by atoms with E-state index in [1.54, 1.807) is 12.4 Å². The summed E-state index contributed by atoms with van der Waals surface area (Å²) in [6.45, 7) is 0. The SMILES string of the molecule is BrC1N=CC=N1. The monoisotopic (exact) mass is 146 g/mol. The average molecular weight is 147 g/mol. The van der Waals surface area contributed by atoms with Crippen molar-refractivity contribution >= 4 is 28.4 Å². The van der Waals surface area contributed by atoms with Gasteiger partial charge in [0.15, 0.2) is 5.08 Å². The molecule has 0 N–H and O–H groups in total. The van der Waals surface area contributed by atoms with Crippen molar-refractivity contribution in [1.82, 2.24) is 0 Å². The third kappa shape index (κ3) is 0.653. The van der Waals surface area contributed by atoms with Gasteiger partial charge in [-0.3, -0.25) is 9.98 Å². The fourth-order valence-electron chi connectivity index (χ4n) is 0.258. The van der Waals surface area contributed by atoms with Crippen molar-refractivity contribution in [2.24, 2.45) is 9.98 Å². The van der Waals surface area contributed by atoms with Crippen molar-refractivity contribution in [3.8, 4) is 0 Å². The minimum atomic E-state index is -0.00231. The van der Waals surface area contributed by atoms with Crippen LogP contribution in [0, 0.1) is 0 Å². The van der Waals surface area contributed by atoms with Gasteiger partial charge in [0.05, 0.1) is 0 Å². The minimum Gasteiger partial charge on any atom is -0.254 e. The van der Waals surface area contributed by atoms with Gasteiger partial charge in [-0.2, -0.15) is 0 Å². The molecule has 0 fully saturated rings. The molecule has 0 atom stereocenters. The number of aliphatic imine (C=N–C) groups is 2. The largest absolute Gasteiger partial charge is 0.254 e. The van der Waals surface area contributed by atoms with Crippen molar-refractivity contribution in [3.05, 3.63) is 0 Å². The molecule has 1 aliphatic heterocycles. The van der Waals surface area contributed by atoms with Gasteiger partial charge in [0.2, 0.25) is 0 Å². The number of hydrogen-bond donors (Lipinski definition) is 0. The lowest BCUT2D eigenvalue weighted by Gasteiger charge is -1.81. The van der Waals surface area contributed by atoms with Crippen LogP contribution in [-0.2, 0) is 0 Å². The zero-order chi connectivity index (χ0) is 4.41. The molecule has 0 bridgehead atoms. The number of rotatable bonds is 0. The van der Waals surface area contributed by atoms with E-state index in [4.69, 9.17) is 0 Å². The maximum absolute atomic E-state index is 3.81. The van der Waals surface area contributed by atoms with E-state index in [2.05, 4.69) is 25.9 Å². The predicted molar refractivity (Wildman–Crippen MR) is 29.7 cm³/mol. The third-order valence-corrected chi connectivity index (χ3v) is 0.958. The minimum absolute atomic E-state index is 0.00231. The molecule has 1 aliphatic rings. The lowest BCUT2D eigenvalue weighted by Crippen LogP contribution is -1.75. The Morgan fingerprint density at radius 2 is 1.83 bits per heavy atom. The fourth-order valence-corrected chi connectivity index (χ4v) is 0.531. The standard InChI is InChI=1S/C3H3BrN2/c4-3-5-1-2-6-3/h1-3H. The zero-order valence-electron chi connectivity index (χ0n) is 3.00. The molecule has 2 nitrogen and oxygen atoms in total. The molecular formula is C3H3BrN2. The summed E-state index contributed by atoms with van der Waals surface area (Å²) < 4.78 is 0. The van der Waals surface area contributed by atoms with E-state index in [1.165, 1.54) is 0 Å². The first-order valence-corrected chi connectivity index (χ1v) is 2.50. The lowest BCUT2D eigenvalue weighted by atomic mass is 10.9. The molecule has 32 valence electrons. The van der Waals surface area contributed by atoms with Crippen LogP contribution >= 0.6 is 15.9 Å². The van der Waals surface area contributed by atoms with Crippen LogP contribution in [-0.4, -0.2) is 17.5 Å². The highest BCUT2D eigenvalue weighted by Gasteiger charge is 1.94. The first-order chi connectivity index (χ1) is 2.89. The zero-order valence-corrected chi connectivity index (χ0v) is 4.59. The molecular weight excluding hydrogens is 144 g/mol.